The number of nitrogens with zero attached hydrogens (tertiary/aromatic N) is 2. The van der Waals surface area contributed by atoms with Crippen molar-refractivity contribution in [3.63, 3.8) is 0 Å². The summed E-state index contributed by atoms with van der Waals surface area (Å²) in [5.41, 5.74) is 0.276. The second-order valence-corrected chi connectivity index (χ2v) is 4.96. The predicted molar refractivity (Wildman–Crippen MR) is 62.8 cm³/mol. The zero-order chi connectivity index (χ0) is 12.2. The molecule has 0 amide bonds. The molecule has 1 saturated carbocycles. The van der Waals surface area contributed by atoms with E-state index in [-0.39, 0.29) is 11.8 Å². The van der Waals surface area contributed by atoms with Crippen LogP contribution in [0.1, 0.15) is 23.3 Å². The average Bonchev–Trinajstić information content (AvgIpc) is 3.03. The van der Waals surface area contributed by atoms with Gasteiger partial charge in [-0.05, 0) is 18.8 Å². The minimum absolute atomic E-state index is 0.219. The number of rotatable bonds is 2. The Kier molecular flexibility index (Phi) is 2.11. The van der Waals surface area contributed by atoms with Crippen LogP contribution in [0.2, 0.25) is 0 Å². The highest BCUT2D eigenvalue weighted by atomic mass is 16.5. The van der Waals surface area contributed by atoms with E-state index in [1.165, 1.54) is 12.8 Å². The van der Waals surface area contributed by atoms with Crippen LogP contribution in [-0.2, 0) is 7.05 Å². The van der Waals surface area contributed by atoms with Gasteiger partial charge in [0.15, 0.2) is 11.6 Å². The monoisotopic (exact) mass is 236 g/mol. The van der Waals surface area contributed by atoms with E-state index >= 15 is 0 Å². The van der Waals surface area contributed by atoms with Crippen molar-refractivity contribution in [2.24, 2.45) is 13.0 Å². The average molecular weight is 236 g/mol. The van der Waals surface area contributed by atoms with Crippen LogP contribution >= 0.6 is 0 Å². The van der Waals surface area contributed by atoms with Gasteiger partial charge in [-0.25, -0.2) is 4.79 Å². The normalized spacial score (nSPS) is 23.2. The van der Waals surface area contributed by atoms with Crippen molar-refractivity contribution in [2.45, 2.75) is 18.9 Å². The van der Waals surface area contributed by atoms with Crippen molar-refractivity contribution in [1.29, 1.82) is 0 Å². The molecule has 1 unspecified atom stereocenters. The summed E-state index contributed by atoms with van der Waals surface area (Å²) in [5.74, 6) is 1.30. The number of carbonyl (C=O) groups is 1. The Morgan fingerprint density at radius 3 is 2.76 bits per heavy atom. The first-order valence-electron chi connectivity index (χ1n) is 5.88. The molecule has 1 atom stereocenters. The van der Waals surface area contributed by atoms with Crippen molar-refractivity contribution >= 4 is 11.8 Å². The standard InChI is InChI=1S/C12H16N2O3/c1-13-6-10(7-3-4-7)17-9-5-8(12(15)16)14(2)11(9)13/h5,7,10H,3-4,6H2,1-2H3,(H,15,16). The minimum atomic E-state index is -0.915. The van der Waals surface area contributed by atoms with Crippen molar-refractivity contribution in [1.82, 2.24) is 4.57 Å². The number of carboxylic acids is 1. The smallest absolute Gasteiger partial charge is 0.352 e. The predicted octanol–water partition coefficient (Wildman–Crippen LogP) is 1.33. The molecule has 0 aromatic carbocycles. The molecule has 0 bridgehead atoms. The Morgan fingerprint density at radius 1 is 1.47 bits per heavy atom. The first-order valence-corrected chi connectivity index (χ1v) is 5.88. The lowest BCUT2D eigenvalue weighted by Crippen LogP contribution is -2.39. The van der Waals surface area contributed by atoms with Gasteiger partial charge >= 0.3 is 5.97 Å². The molecule has 1 aromatic rings. The lowest BCUT2D eigenvalue weighted by atomic mass is 10.2. The van der Waals surface area contributed by atoms with Gasteiger partial charge in [0.25, 0.3) is 0 Å². The molecule has 1 aliphatic heterocycles. The molecule has 0 radical (unpaired) electrons. The lowest BCUT2D eigenvalue weighted by Gasteiger charge is -2.32. The van der Waals surface area contributed by atoms with Crippen LogP contribution in [0.4, 0.5) is 5.82 Å². The Hall–Kier alpha value is -1.65. The maximum absolute atomic E-state index is 11.1. The molecule has 5 heteroatoms. The van der Waals surface area contributed by atoms with Crippen LogP contribution in [0, 0.1) is 5.92 Å². The van der Waals surface area contributed by atoms with Gasteiger partial charge in [0.1, 0.15) is 11.8 Å². The van der Waals surface area contributed by atoms with Crippen LogP contribution in [-0.4, -0.2) is 35.3 Å². The second kappa shape index (κ2) is 3.42. The Labute approximate surface area is 99.6 Å². The highest BCUT2D eigenvalue weighted by molar-refractivity contribution is 5.88. The van der Waals surface area contributed by atoms with Gasteiger partial charge in [-0.1, -0.05) is 0 Å². The van der Waals surface area contributed by atoms with Gasteiger partial charge in [0.05, 0.1) is 6.54 Å². The van der Waals surface area contributed by atoms with Crippen LogP contribution < -0.4 is 9.64 Å². The third-order valence-electron chi connectivity index (χ3n) is 3.63. The van der Waals surface area contributed by atoms with Crippen LogP contribution in [0.5, 0.6) is 5.75 Å². The molecule has 1 N–H and O–H groups in total. The lowest BCUT2D eigenvalue weighted by molar-refractivity contribution is 0.0686. The topological polar surface area (TPSA) is 54.7 Å². The third kappa shape index (κ3) is 1.57. The number of anilines is 1. The molecule has 3 rings (SSSR count). The Balaban J connectivity index is 1.99. The molecular weight excluding hydrogens is 220 g/mol. The van der Waals surface area contributed by atoms with E-state index in [9.17, 15) is 4.79 Å². The molecular formula is C12H16N2O3. The number of fused-ring (bicyclic) bond motifs is 1. The molecule has 17 heavy (non-hydrogen) atoms. The summed E-state index contributed by atoms with van der Waals surface area (Å²) in [6.45, 7) is 0.842. The second-order valence-electron chi connectivity index (χ2n) is 4.96. The van der Waals surface area contributed by atoms with Gasteiger partial charge in [0, 0.05) is 20.2 Å². The van der Waals surface area contributed by atoms with E-state index in [4.69, 9.17) is 9.84 Å². The number of ether oxygens (including phenoxy) is 1. The zero-order valence-electron chi connectivity index (χ0n) is 10.0. The van der Waals surface area contributed by atoms with Crippen molar-refractivity contribution in [3.8, 4) is 5.75 Å². The summed E-state index contributed by atoms with van der Waals surface area (Å²) in [4.78, 5) is 13.2. The number of aromatic carboxylic acids is 1. The number of aromatic nitrogens is 1. The van der Waals surface area contributed by atoms with Crippen molar-refractivity contribution in [2.75, 3.05) is 18.5 Å². The summed E-state index contributed by atoms with van der Waals surface area (Å²) in [5, 5.41) is 9.09. The molecule has 1 aliphatic carbocycles. The van der Waals surface area contributed by atoms with Gasteiger partial charge in [-0.2, -0.15) is 0 Å². The molecule has 0 saturated heterocycles. The molecule has 0 spiro atoms. The zero-order valence-corrected chi connectivity index (χ0v) is 10.0. The fraction of sp³-hybridized carbons (Fsp3) is 0.583. The number of hydrogen-bond donors (Lipinski definition) is 1. The van der Waals surface area contributed by atoms with Gasteiger partial charge in [-0.15, -0.1) is 0 Å². The summed E-state index contributed by atoms with van der Waals surface area (Å²) in [6, 6.07) is 1.63. The van der Waals surface area contributed by atoms with E-state index in [0.29, 0.717) is 11.7 Å². The number of likely N-dealkylation sites (N-methyl/N-ethyl adjacent to an activating group) is 1. The van der Waals surface area contributed by atoms with E-state index in [1.54, 1.807) is 17.7 Å². The summed E-state index contributed by atoms with van der Waals surface area (Å²) < 4.78 is 7.59. The van der Waals surface area contributed by atoms with Gasteiger partial charge in [0.2, 0.25) is 0 Å². The maximum Gasteiger partial charge on any atom is 0.352 e. The van der Waals surface area contributed by atoms with Crippen molar-refractivity contribution in [3.05, 3.63) is 11.8 Å². The Bertz CT molecular complexity index is 476. The minimum Gasteiger partial charge on any atom is -0.484 e. The van der Waals surface area contributed by atoms with E-state index < -0.39 is 5.97 Å². The van der Waals surface area contributed by atoms with E-state index in [2.05, 4.69) is 4.90 Å². The summed E-state index contributed by atoms with van der Waals surface area (Å²) in [6.07, 6.45) is 2.68. The number of carboxylic acid groups (broad SMARTS) is 1. The largest absolute Gasteiger partial charge is 0.484 e. The van der Waals surface area contributed by atoms with Gasteiger partial charge < -0.3 is 19.3 Å². The Morgan fingerprint density at radius 2 is 2.18 bits per heavy atom. The molecule has 2 heterocycles. The summed E-state index contributed by atoms with van der Waals surface area (Å²) >= 11 is 0. The molecule has 92 valence electrons. The number of hydrogen-bond acceptors (Lipinski definition) is 3. The maximum atomic E-state index is 11.1. The van der Waals surface area contributed by atoms with Crippen molar-refractivity contribution < 1.29 is 14.6 Å². The third-order valence-corrected chi connectivity index (χ3v) is 3.63. The SMILES string of the molecule is CN1CC(C2CC2)Oc2cc(C(=O)O)n(C)c21. The summed E-state index contributed by atoms with van der Waals surface area (Å²) in [7, 11) is 3.75. The molecule has 1 aromatic heterocycles. The highest BCUT2D eigenvalue weighted by Crippen LogP contribution is 2.42. The first-order chi connectivity index (χ1) is 8.08. The molecule has 5 nitrogen and oxygen atoms in total. The quantitative estimate of drug-likeness (QED) is 0.841. The highest BCUT2D eigenvalue weighted by Gasteiger charge is 2.38. The fourth-order valence-corrected chi connectivity index (χ4v) is 2.57. The van der Waals surface area contributed by atoms with Crippen LogP contribution in [0.15, 0.2) is 6.07 Å². The van der Waals surface area contributed by atoms with E-state index in [1.807, 2.05) is 7.05 Å². The van der Waals surface area contributed by atoms with Gasteiger partial charge in [-0.3, -0.25) is 0 Å². The first kappa shape index (κ1) is 10.5. The fourth-order valence-electron chi connectivity index (χ4n) is 2.57. The molecule has 1 fully saturated rings. The molecule has 2 aliphatic rings. The van der Waals surface area contributed by atoms with Crippen LogP contribution in [0.25, 0.3) is 0 Å². The van der Waals surface area contributed by atoms with E-state index in [0.717, 1.165) is 12.4 Å². The van der Waals surface area contributed by atoms with Crippen LogP contribution in [0.3, 0.4) is 0 Å².